The molecule has 1 saturated heterocycles. The first-order valence-electron chi connectivity index (χ1n) is 9.59. The van der Waals surface area contributed by atoms with Crippen molar-refractivity contribution in [1.82, 2.24) is 0 Å². The van der Waals surface area contributed by atoms with Crippen LogP contribution in [0.2, 0.25) is 15.1 Å². The van der Waals surface area contributed by atoms with Crippen molar-refractivity contribution in [3.63, 3.8) is 0 Å². The zero-order chi connectivity index (χ0) is 21.1. The second-order valence-electron chi connectivity index (χ2n) is 6.98. The number of para-hydroxylation sites is 1. The number of benzene rings is 2. The van der Waals surface area contributed by atoms with Crippen molar-refractivity contribution in [1.29, 1.82) is 0 Å². The zero-order valence-electron chi connectivity index (χ0n) is 16.0. The molecular formula is C23H19Cl3N2O2. The van der Waals surface area contributed by atoms with E-state index in [1.54, 1.807) is 36.4 Å². The normalized spacial score (nSPS) is 13.9. The van der Waals surface area contributed by atoms with Crippen LogP contribution in [0.15, 0.2) is 59.0 Å². The number of furan rings is 1. The first-order chi connectivity index (χ1) is 14.5. The van der Waals surface area contributed by atoms with E-state index in [1.807, 2.05) is 18.2 Å². The lowest BCUT2D eigenvalue weighted by Crippen LogP contribution is -2.21. The van der Waals surface area contributed by atoms with E-state index in [0.29, 0.717) is 32.3 Å². The fraction of sp³-hybridized carbons (Fsp3) is 0.174. The van der Waals surface area contributed by atoms with Gasteiger partial charge >= 0.3 is 0 Å². The summed E-state index contributed by atoms with van der Waals surface area (Å²) in [5, 5.41) is 4.61. The molecule has 3 aromatic rings. The highest BCUT2D eigenvalue weighted by Crippen LogP contribution is 2.36. The van der Waals surface area contributed by atoms with Gasteiger partial charge in [0, 0.05) is 29.8 Å². The van der Waals surface area contributed by atoms with Gasteiger partial charge in [0.1, 0.15) is 11.5 Å². The van der Waals surface area contributed by atoms with Crippen LogP contribution in [0.4, 0.5) is 11.4 Å². The van der Waals surface area contributed by atoms with E-state index >= 15 is 0 Å². The lowest BCUT2D eigenvalue weighted by molar-refractivity contribution is -0.111. The fourth-order valence-corrected chi connectivity index (χ4v) is 4.28. The van der Waals surface area contributed by atoms with Crippen LogP contribution in [0.25, 0.3) is 17.4 Å². The number of carbonyl (C=O) groups excluding carboxylic acids is 1. The Labute approximate surface area is 190 Å². The van der Waals surface area contributed by atoms with E-state index in [2.05, 4.69) is 10.2 Å². The molecule has 0 unspecified atom stereocenters. The third-order valence-corrected chi connectivity index (χ3v) is 5.74. The van der Waals surface area contributed by atoms with Crippen molar-refractivity contribution in [3.05, 3.63) is 75.4 Å². The standard InChI is InChI=1S/C23H19Cl3N2O2/c24-15-6-9-17(19(26)14-15)21-10-7-16(30-21)8-11-22(29)27-20-5-3-4-18(25)23(20)28-12-1-2-13-28/h3-11,14H,1-2,12-13H2,(H,27,29). The van der Waals surface area contributed by atoms with Gasteiger partial charge in [0.05, 0.1) is 21.4 Å². The summed E-state index contributed by atoms with van der Waals surface area (Å²) in [6.45, 7) is 1.87. The summed E-state index contributed by atoms with van der Waals surface area (Å²) in [6.07, 6.45) is 5.29. The molecule has 30 heavy (non-hydrogen) atoms. The topological polar surface area (TPSA) is 45.5 Å². The molecule has 1 aliphatic heterocycles. The molecule has 7 heteroatoms. The van der Waals surface area contributed by atoms with Crippen LogP contribution in [0.3, 0.4) is 0 Å². The number of carbonyl (C=O) groups is 1. The summed E-state index contributed by atoms with van der Waals surface area (Å²) < 4.78 is 5.79. The number of halogens is 3. The van der Waals surface area contributed by atoms with Crippen LogP contribution in [-0.2, 0) is 4.79 Å². The molecule has 1 N–H and O–H groups in total. The lowest BCUT2D eigenvalue weighted by atomic mass is 10.2. The van der Waals surface area contributed by atoms with Crippen molar-refractivity contribution < 1.29 is 9.21 Å². The summed E-state index contributed by atoms with van der Waals surface area (Å²) in [7, 11) is 0. The summed E-state index contributed by atoms with van der Waals surface area (Å²) >= 11 is 18.6. The second kappa shape index (κ2) is 9.17. The predicted molar refractivity (Wildman–Crippen MR) is 125 cm³/mol. The summed E-state index contributed by atoms with van der Waals surface area (Å²) in [6, 6.07) is 14.3. The maximum absolute atomic E-state index is 12.5. The van der Waals surface area contributed by atoms with Crippen LogP contribution in [0.1, 0.15) is 18.6 Å². The average molecular weight is 462 g/mol. The largest absolute Gasteiger partial charge is 0.457 e. The van der Waals surface area contributed by atoms with Gasteiger partial charge in [-0.1, -0.05) is 40.9 Å². The Morgan fingerprint density at radius 2 is 1.80 bits per heavy atom. The summed E-state index contributed by atoms with van der Waals surface area (Å²) in [5.74, 6) is 0.875. The molecule has 0 atom stereocenters. The minimum Gasteiger partial charge on any atom is -0.457 e. The molecule has 154 valence electrons. The average Bonchev–Trinajstić information content (AvgIpc) is 3.39. The monoisotopic (exact) mass is 460 g/mol. The van der Waals surface area contributed by atoms with E-state index in [1.165, 1.54) is 6.08 Å². The Hall–Kier alpha value is -2.40. The highest BCUT2D eigenvalue weighted by molar-refractivity contribution is 6.36. The number of nitrogens with zero attached hydrogens (tertiary/aromatic N) is 1. The van der Waals surface area contributed by atoms with Crippen molar-refractivity contribution in [3.8, 4) is 11.3 Å². The number of hydrogen-bond donors (Lipinski definition) is 1. The quantitative estimate of drug-likeness (QED) is 0.410. The van der Waals surface area contributed by atoms with E-state index in [4.69, 9.17) is 39.2 Å². The van der Waals surface area contributed by atoms with Gasteiger partial charge in [0.15, 0.2) is 0 Å². The highest BCUT2D eigenvalue weighted by Gasteiger charge is 2.19. The minimum absolute atomic E-state index is 0.264. The van der Waals surface area contributed by atoms with Gasteiger partial charge in [-0.15, -0.1) is 0 Å². The molecule has 4 rings (SSSR count). The van der Waals surface area contributed by atoms with Crippen LogP contribution in [0, 0.1) is 0 Å². The van der Waals surface area contributed by atoms with Gasteiger partial charge in [-0.2, -0.15) is 0 Å². The molecule has 1 aromatic heterocycles. The molecule has 0 spiro atoms. The fourth-order valence-electron chi connectivity index (χ4n) is 3.49. The Morgan fingerprint density at radius 3 is 2.57 bits per heavy atom. The maximum atomic E-state index is 12.5. The van der Waals surface area contributed by atoms with Gasteiger partial charge in [-0.25, -0.2) is 0 Å². The summed E-state index contributed by atoms with van der Waals surface area (Å²) in [5.41, 5.74) is 2.31. The van der Waals surface area contributed by atoms with E-state index in [9.17, 15) is 4.79 Å². The Bertz CT molecular complexity index is 1100. The van der Waals surface area contributed by atoms with Crippen LogP contribution in [-0.4, -0.2) is 19.0 Å². The SMILES string of the molecule is O=C(C=Cc1ccc(-c2ccc(Cl)cc2Cl)o1)Nc1cccc(Cl)c1N1CCCC1. The highest BCUT2D eigenvalue weighted by atomic mass is 35.5. The molecule has 1 amide bonds. The molecule has 1 fully saturated rings. The Kier molecular flexibility index (Phi) is 6.38. The van der Waals surface area contributed by atoms with Crippen molar-refractivity contribution in [2.24, 2.45) is 0 Å². The minimum atomic E-state index is -0.264. The third-order valence-electron chi connectivity index (χ3n) is 4.89. The predicted octanol–water partition coefficient (Wildman–Crippen LogP) is 7.16. The Morgan fingerprint density at radius 1 is 1.00 bits per heavy atom. The third kappa shape index (κ3) is 4.67. The van der Waals surface area contributed by atoms with Gasteiger partial charge in [0.2, 0.25) is 5.91 Å². The van der Waals surface area contributed by atoms with Gasteiger partial charge < -0.3 is 14.6 Å². The van der Waals surface area contributed by atoms with Crippen molar-refractivity contribution >= 4 is 58.2 Å². The lowest BCUT2D eigenvalue weighted by Gasteiger charge is -2.22. The molecule has 4 nitrogen and oxygen atoms in total. The number of anilines is 2. The van der Waals surface area contributed by atoms with Gasteiger partial charge in [0.25, 0.3) is 0 Å². The molecule has 0 aliphatic carbocycles. The first-order valence-corrected chi connectivity index (χ1v) is 10.7. The molecule has 0 saturated carbocycles. The Balaban J connectivity index is 1.48. The van der Waals surface area contributed by atoms with E-state index in [-0.39, 0.29) is 5.91 Å². The van der Waals surface area contributed by atoms with E-state index in [0.717, 1.165) is 37.2 Å². The number of rotatable bonds is 5. The maximum Gasteiger partial charge on any atom is 0.248 e. The van der Waals surface area contributed by atoms with Crippen LogP contribution < -0.4 is 10.2 Å². The van der Waals surface area contributed by atoms with Crippen LogP contribution in [0.5, 0.6) is 0 Å². The summed E-state index contributed by atoms with van der Waals surface area (Å²) in [4.78, 5) is 14.7. The van der Waals surface area contributed by atoms with Crippen molar-refractivity contribution in [2.45, 2.75) is 12.8 Å². The molecule has 1 aliphatic rings. The first kappa shape index (κ1) is 20.9. The number of amides is 1. The van der Waals surface area contributed by atoms with E-state index < -0.39 is 0 Å². The second-order valence-corrected chi connectivity index (χ2v) is 8.23. The van der Waals surface area contributed by atoms with Crippen LogP contribution >= 0.6 is 34.8 Å². The van der Waals surface area contributed by atoms with Gasteiger partial charge in [-0.3, -0.25) is 4.79 Å². The molecule has 0 radical (unpaired) electrons. The van der Waals surface area contributed by atoms with Gasteiger partial charge in [-0.05, 0) is 61.4 Å². The number of nitrogens with one attached hydrogen (secondary N) is 1. The zero-order valence-corrected chi connectivity index (χ0v) is 18.3. The molecule has 0 bridgehead atoms. The number of hydrogen-bond acceptors (Lipinski definition) is 3. The van der Waals surface area contributed by atoms with Crippen molar-refractivity contribution in [2.75, 3.05) is 23.3 Å². The smallest absolute Gasteiger partial charge is 0.248 e. The molecule has 2 heterocycles. The molecular weight excluding hydrogens is 443 g/mol. The molecule has 2 aromatic carbocycles.